The minimum absolute atomic E-state index is 0.0343. The van der Waals surface area contributed by atoms with E-state index in [0.717, 1.165) is 38.5 Å². The van der Waals surface area contributed by atoms with Crippen molar-refractivity contribution in [3.05, 3.63) is 24.3 Å². The Hall–Kier alpha value is -0.600. The third-order valence-electron chi connectivity index (χ3n) is 4.24. The van der Waals surface area contributed by atoms with Crippen LogP contribution in [-0.2, 0) is 0 Å². The van der Waals surface area contributed by atoms with Gasteiger partial charge in [0.15, 0.2) is 0 Å². The Bertz CT molecular complexity index is 308. The van der Waals surface area contributed by atoms with E-state index < -0.39 is 0 Å². The van der Waals surface area contributed by atoms with Crippen molar-refractivity contribution in [2.75, 3.05) is 0 Å². The quantitative estimate of drug-likeness (QED) is 0.721. The maximum Gasteiger partial charge on any atom is 0.0721 e. The van der Waals surface area contributed by atoms with Crippen LogP contribution in [0.1, 0.15) is 45.4 Å². The van der Waals surface area contributed by atoms with Gasteiger partial charge in [-0.2, -0.15) is 0 Å². The van der Waals surface area contributed by atoms with Crippen LogP contribution in [0.5, 0.6) is 0 Å². The van der Waals surface area contributed by atoms with Gasteiger partial charge in [0, 0.05) is 5.41 Å². The van der Waals surface area contributed by atoms with E-state index in [9.17, 15) is 10.2 Å². The molecule has 4 atom stereocenters. The zero-order chi connectivity index (χ0) is 12.3. The molecule has 0 amide bonds. The van der Waals surface area contributed by atoms with Crippen molar-refractivity contribution < 1.29 is 10.2 Å². The number of hydrogen-bond donors (Lipinski definition) is 2. The lowest BCUT2D eigenvalue weighted by atomic mass is 9.80. The maximum absolute atomic E-state index is 9.85. The summed E-state index contributed by atoms with van der Waals surface area (Å²) in [5, 5.41) is 19.6. The van der Waals surface area contributed by atoms with Gasteiger partial charge in [0.2, 0.25) is 0 Å². The van der Waals surface area contributed by atoms with Crippen LogP contribution in [0.3, 0.4) is 0 Å². The van der Waals surface area contributed by atoms with Gasteiger partial charge in [-0.25, -0.2) is 0 Å². The monoisotopic (exact) mass is 236 g/mol. The first kappa shape index (κ1) is 12.8. The molecule has 0 saturated heterocycles. The minimum Gasteiger partial charge on any atom is -0.393 e. The molecule has 2 heteroatoms. The molecule has 3 unspecified atom stereocenters. The Kier molecular flexibility index (Phi) is 4.05. The summed E-state index contributed by atoms with van der Waals surface area (Å²) in [7, 11) is 0. The molecule has 0 heterocycles. The largest absolute Gasteiger partial charge is 0.393 e. The second-order valence-corrected chi connectivity index (χ2v) is 5.61. The Labute approximate surface area is 104 Å². The van der Waals surface area contributed by atoms with Crippen LogP contribution in [0.4, 0.5) is 0 Å². The molecular formula is C15H24O2. The van der Waals surface area contributed by atoms with Crippen molar-refractivity contribution >= 4 is 0 Å². The van der Waals surface area contributed by atoms with E-state index in [1.165, 1.54) is 0 Å². The van der Waals surface area contributed by atoms with Gasteiger partial charge in [-0.05, 0) is 31.6 Å². The van der Waals surface area contributed by atoms with E-state index in [4.69, 9.17) is 0 Å². The molecule has 1 fully saturated rings. The Morgan fingerprint density at radius 1 is 1.53 bits per heavy atom. The molecular weight excluding hydrogens is 212 g/mol. The fourth-order valence-corrected chi connectivity index (χ4v) is 3.24. The average molecular weight is 236 g/mol. The molecule has 1 saturated carbocycles. The topological polar surface area (TPSA) is 40.5 Å². The van der Waals surface area contributed by atoms with Crippen LogP contribution in [0.25, 0.3) is 0 Å². The number of unbranched alkanes of at least 4 members (excludes halogenated alkanes) is 1. The van der Waals surface area contributed by atoms with Gasteiger partial charge in [0.25, 0.3) is 0 Å². The highest BCUT2D eigenvalue weighted by Gasteiger charge is 2.45. The van der Waals surface area contributed by atoms with Crippen LogP contribution in [-0.4, -0.2) is 22.4 Å². The molecule has 96 valence electrons. The number of fused-ring (bicyclic) bond motifs is 1. The molecule has 2 aliphatic rings. The summed E-state index contributed by atoms with van der Waals surface area (Å²) in [6, 6.07) is 0. The van der Waals surface area contributed by atoms with Gasteiger partial charge in [-0.3, -0.25) is 0 Å². The van der Waals surface area contributed by atoms with E-state index in [-0.39, 0.29) is 17.6 Å². The van der Waals surface area contributed by atoms with Crippen molar-refractivity contribution in [2.45, 2.75) is 57.7 Å². The van der Waals surface area contributed by atoms with Crippen LogP contribution < -0.4 is 0 Å². The van der Waals surface area contributed by atoms with Crippen LogP contribution >= 0.6 is 0 Å². The van der Waals surface area contributed by atoms with Crippen molar-refractivity contribution in [1.29, 1.82) is 0 Å². The van der Waals surface area contributed by atoms with Crippen molar-refractivity contribution in [3.8, 4) is 0 Å². The first-order chi connectivity index (χ1) is 8.16. The molecule has 0 aromatic heterocycles. The number of allylic oxidation sites excluding steroid dienone is 3. The van der Waals surface area contributed by atoms with E-state index in [0.29, 0.717) is 5.92 Å². The first-order valence-corrected chi connectivity index (χ1v) is 6.89. The molecule has 0 aromatic carbocycles. The molecule has 0 bridgehead atoms. The van der Waals surface area contributed by atoms with Gasteiger partial charge in [-0.1, -0.05) is 44.1 Å². The summed E-state index contributed by atoms with van der Waals surface area (Å²) < 4.78 is 0. The van der Waals surface area contributed by atoms with E-state index in [2.05, 4.69) is 25.2 Å². The zero-order valence-electron chi connectivity index (χ0n) is 10.7. The fraction of sp³-hybridized carbons (Fsp3) is 0.733. The molecule has 2 rings (SSSR count). The van der Waals surface area contributed by atoms with E-state index in [1.54, 1.807) is 0 Å². The SMILES string of the molecule is CCCC[C@@H](O)/C=C/C12C=CCC1CC(O)C2. The Morgan fingerprint density at radius 2 is 2.35 bits per heavy atom. The van der Waals surface area contributed by atoms with Crippen LogP contribution in [0.2, 0.25) is 0 Å². The minimum atomic E-state index is -0.322. The van der Waals surface area contributed by atoms with Crippen LogP contribution in [0, 0.1) is 11.3 Å². The van der Waals surface area contributed by atoms with Gasteiger partial charge in [0.05, 0.1) is 12.2 Å². The maximum atomic E-state index is 9.85. The Balaban J connectivity index is 1.96. The number of aliphatic hydroxyl groups is 2. The van der Waals surface area contributed by atoms with Crippen molar-refractivity contribution in [2.24, 2.45) is 11.3 Å². The summed E-state index contributed by atoms with van der Waals surface area (Å²) in [6.45, 7) is 2.14. The second-order valence-electron chi connectivity index (χ2n) is 5.61. The summed E-state index contributed by atoms with van der Waals surface area (Å²) in [6.07, 6.45) is 13.9. The van der Waals surface area contributed by atoms with Gasteiger partial charge in [-0.15, -0.1) is 0 Å². The average Bonchev–Trinajstić information content (AvgIpc) is 2.79. The normalized spacial score (nSPS) is 37.8. The summed E-state index contributed by atoms with van der Waals surface area (Å²) in [5.74, 6) is 0.548. The molecule has 2 aliphatic carbocycles. The first-order valence-electron chi connectivity index (χ1n) is 6.89. The third kappa shape index (κ3) is 2.80. The highest BCUT2D eigenvalue weighted by Crippen LogP contribution is 2.51. The summed E-state index contributed by atoms with van der Waals surface area (Å²) >= 11 is 0. The Morgan fingerprint density at radius 3 is 3.12 bits per heavy atom. The zero-order valence-corrected chi connectivity index (χ0v) is 10.7. The van der Waals surface area contributed by atoms with E-state index >= 15 is 0 Å². The second kappa shape index (κ2) is 5.36. The third-order valence-corrected chi connectivity index (χ3v) is 4.24. The highest BCUT2D eigenvalue weighted by atomic mass is 16.3. The fourth-order valence-electron chi connectivity index (χ4n) is 3.24. The molecule has 2 N–H and O–H groups in total. The smallest absolute Gasteiger partial charge is 0.0721 e. The molecule has 17 heavy (non-hydrogen) atoms. The molecule has 2 nitrogen and oxygen atoms in total. The lowest BCUT2D eigenvalue weighted by Gasteiger charge is -2.24. The lowest BCUT2D eigenvalue weighted by molar-refractivity contribution is 0.173. The standard InChI is InChI=1S/C15H24O2/c1-2-3-6-13(16)7-9-15-8-4-5-12(15)10-14(17)11-15/h4,7-9,12-14,16-17H,2-3,5-6,10-11H2,1H3/b9-7+/t12?,13-,14?,15?/m1/s1. The molecule has 0 aromatic rings. The lowest BCUT2D eigenvalue weighted by Crippen LogP contribution is -2.17. The van der Waals surface area contributed by atoms with Crippen LogP contribution in [0.15, 0.2) is 24.3 Å². The van der Waals surface area contributed by atoms with Crippen molar-refractivity contribution in [3.63, 3.8) is 0 Å². The van der Waals surface area contributed by atoms with Gasteiger partial charge < -0.3 is 10.2 Å². The highest BCUT2D eigenvalue weighted by molar-refractivity contribution is 5.24. The predicted molar refractivity (Wildman–Crippen MR) is 69.6 cm³/mol. The number of aliphatic hydroxyl groups excluding tert-OH is 2. The predicted octanol–water partition coefficient (Wildman–Crippen LogP) is 2.81. The molecule has 0 aliphatic heterocycles. The summed E-state index contributed by atoms with van der Waals surface area (Å²) in [4.78, 5) is 0. The molecule has 0 spiro atoms. The summed E-state index contributed by atoms with van der Waals surface area (Å²) in [5.41, 5.74) is 0.0343. The van der Waals surface area contributed by atoms with Gasteiger partial charge >= 0.3 is 0 Å². The van der Waals surface area contributed by atoms with E-state index in [1.807, 2.05) is 6.08 Å². The van der Waals surface area contributed by atoms with Gasteiger partial charge in [0.1, 0.15) is 0 Å². The number of rotatable bonds is 5. The molecule has 0 radical (unpaired) electrons. The number of hydrogen-bond acceptors (Lipinski definition) is 2. The van der Waals surface area contributed by atoms with Crippen molar-refractivity contribution in [1.82, 2.24) is 0 Å².